The zero-order valence-electron chi connectivity index (χ0n) is 7.65. The summed E-state index contributed by atoms with van der Waals surface area (Å²) in [6, 6.07) is 0. The van der Waals surface area contributed by atoms with Crippen LogP contribution in [0.25, 0.3) is 0 Å². The van der Waals surface area contributed by atoms with E-state index in [2.05, 4.69) is 14.7 Å². The Labute approximate surface area is 94.2 Å². The molecule has 7 heteroatoms. The molecule has 1 heterocycles. The molecule has 0 bridgehead atoms. The fourth-order valence-corrected chi connectivity index (χ4v) is 0.842. The number of rotatable bonds is 3. The lowest BCUT2D eigenvalue weighted by molar-refractivity contribution is -0.140. The summed E-state index contributed by atoms with van der Waals surface area (Å²) >= 11 is 0. The topological polar surface area (TPSA) is 81.0 Å². The molecule has 0 saturated heterocycles. The quantitative estimate of drug-likeness (QED) is 0.773. The van der Waals surface area contributed by atoms with Crippen LogP contribution >= 0.6 is 24.8 Å². The highest BCUT2D eigenvalue weighted by molar-refractivity contribution is 5.85. The van der Waals surface area contributed by atoms with Crippen LogP contribution in [0, 0.1) is 0 Å². The monoisotopic (exact) mass is 241 g/mol. The molecule has 0 aliphatic rings. The highest BCUT2D eigenvalue weighted by Gasteiger charge is 2.02. The summed E-state index contributed by atoms with van der Waals surface area (Å²) in [5.41, 5.74) is 6.18. The molecule has 14 heavy (non-hydrogen) atoms. The molecule has 82 valence electrons. The van der Waals surface area contributed by atoms with Gasteiger partial charge in [-0.05, 0) is 6.42 Å². The number of carbonyl (C=O) groups is 1. The average molecular weight is 242 g/mol. The maximum atomic E-state index is 10.7. The van der Waals surface area contributed by atoms with Crippen molar-refractivity contribution >= 4 is 36.7 Å². The number of ether oxygens (including phenoxy) is 1. The Hall–Kier alpha value is -0.940. The number of methoxy groups -OCH3 is 1. The Balaban J connectivity index is 0. The van der Waals surface area contributed by atoms with Crippen molar-refractivity contribution in [2.75, 3.05) is 12.8 Å². The minimum atomic E-state index is -0.233. The zero-order valence-corrected chi connectivity index (χ0v) is 9.28. The number of carbonyl (C=O) groups excluding carboxylic acids is 1. The van der Waals surface area contributed by atoms with E-state index < -0.39 is 0 Å². The van der Waals surface area contributed by atoms with E-state index in [-0.39, 0.29) is 30.8 Å². The minimum Gasteiger partial charge on any atom is -0.469 e. The van der Waals surface area contributed by atoms with Crippen molar-refractivity contribution < 1.29 is 9.53 Å². The third kappa shape index (κ3) is 4.94. The highest BCUT2D eigenvalue weighted by atomic mass is 35.5. The third-order valence-corrected chi connectivity index (χ3v) is 1.47. The van der Waals surface area contributed by atoms with Crippen LogP contribution in [0.3, 0.4) is 0 Å². The van der Waals surface area contributed by atoms with Crippen molar-refractivity contribution in [3.05, 3.63) is 11.9 Å². The molecule has 0 aliphatic heterocycles. The molecule has 0 atom stereocenters. The SMILES string of the molecule is COC(=O)CCc1cnc(N)[nH]1.Cl.Cl. The van der Waals surface area contributed by atoms with Crippen LogP contribution in [0.2, 0.25) is 0 Å². The second-order valence-corrected chi connectivity index (χ2v) is 2.37. The van der Waals surface area contributed by atoms with E-state index in [1.807, 2.05) is 0 Å². The molecule has 1 rings (SSSR count). The molecule has 0 saturated carbocycles. The Bertz CT molecular complexity index is 278. The lowest BCUT2D eigenvalue weighted by Gasteiger charge is -1.95. The standard InChI is InChI=1S/C7H11N3O2.2ClH/c1-12-6(11)3-2-5-4-9-7(8)10-5;;/h4H,2-3H2,1H3,(H3,8,9,10);2*1H. The van der Waals surface area contributed by atoms with Crippen molar-refractivity contribution in [3.8, 4) is 0 Å². The van der Waals surface area contributed by atoms with Crippen LogP contribution in [0.1, 0.15) is 12.1 Å². The number of aryl methyl sites for hydroxylation is 1. The van der Waals surface area contributed by atoms with Crippen LogP contribution in [0.5, 0.6) is 0 Å². The summed E-state index contributed by atoms with van der Waals surface area (Å²) in [4.78, 5) is 17.3. The maximum absolute atomic E-state index is 10.7. The van der Waals surface area contributed by atoms with Gasteiger partial charge in [-0.15, -0.1) is 24.8 Å². The van der Waals surface area contributed by atoms with Gasteiger partial charge in [0.2, 0.25) is 0 Å². The zero-order chi connectivity index (χ0) is 8.97. The smallest absolute Gasteiger partial charge is 0.305 e. The van der Waals surface area contributed by atoms with E-state index in [0.717, 1.165) is 5.69 Å². The number of hydrogen-bond donors (Lipinski definition) is 2. The van der Waals surface area contributed by atoms with Gasteiger partial charge >= 0.3 is 5.97 Å². The Kier molecular flexibility index (Phi) is 8.28. The van der Waals surface area contributed by atoms with Gasteiger partial charge in [-0.1, -0.05) is 0 Å². The second-order valence-electron chi connectivity index (χ2n) is 2.37. The van der Waals surface area contributed by atoms with Crippen molar-refractivity contribution in [1.82, 2.24) is 9.97 Å². The number of nitrogens with two attached hydrogens (primary N) is 1. The molecule has 0 aromatic carbocycles. The van der Waals surface area contributed by atoms with Gasteiger partial charge < -0.3 is 15.5 Å². The summed E-state index contributed by atoms with van der Waals surface area (Å²) in [6.45, 7) is 0. The maximum Gasteiger partial charge on any atom is 0.305 e. The number of nitrogens with one attached hydrogen (secondary N) is 1. The molecule has 0 amide bonds. The van der Waals surface area contributed by atoms with E-state index in [9.17, 15) is 4.79 Å². The van der Waals surface area contributed by atoms with Gasteiger partial charge in [-0.3, -0.25) is 4.79 Å². The van der Waals surface area contributed by atoms with E-state index >= 15 is 0 Å². The van der Waals surface area contributed by atoms with Gasteiger partial charge in [-0.2, -0.15) is 0 Å². The van der Waals surface area contributed by atoms with Gasteiger partial charge in [0.1, 0.15) is 0 Å². The number of nitrogen functional groups attached to an aromatic ring is 1. The number of aromatic nitrogens is 2. The highest BCUT2D eigenvalue weighted by Crippen LogP contribution is 2.01. The van der Waals surface area contributed by atoms with Crippen LogP contribution in [0.15, 0.2) is 6.20 Å². The average Bonchev–Trinajstić information content (AvgIpc) is 2.47. The third-order valence-electron chi connectivity index (χ3n) is 1.47. The van der Waals surface area contributed by atoms with Gasteiger partial charge in [0.15, 0.2) is 5.95 Å². The summed E-state index contributed by atoms with van der Waals surface area (Å²) in [7, 11) is 1.36. The molecule has 1 aromatic rings. The Morgan fingerprint density at radius 2 is 2.29 bits per heavy atom. The predicted octanol–water partition coefficient (Wildman–Crippen LogP) is 0.941. The van der Waals surface area contributed by atoms with Crippen LogP contribution in [0.4, 0.5) is 5.95 Å². The molecule has 0 fully saturated rings. The first-order valence-corrected chi connectivity index (χ1v) is 3.58. The minimum absolute atomic E-state index is 0. The van der Waals surface area contributed by atoms with Crippen LogP contribution in [-0.2, 0) is 16.0 Å². The summed E-state index contributed by atoms with van der Waals surface area (Å²) in [5.74, 6) is 0.137. The van der Waals surface area contributed by atoms with Crippen molar-refractivity contribution in [1.29, 1.82) is 0 Å². The second kappa shape index (κ2) is 7.46. The number of imidazole rings is 1. The molecule has 0 aliphatic carbocycles. The van der Waals surface area contributed by atoms with Crippen molar-refractivity contribution in [2.45, 2.75) is 12.8 Å². The predicted molar refractivity (Wildman–Crippen MR) is 57.8 cm³/mol. The molecule has 3 N–H and O–H groups in total. The van der Waals surface area contributed by atoms with Gasteiger partial charge in [0, 0.05) is 5.69 Å². The molecule has 0 unspecified atom stereocenters. The van der Waals surface area contributed by atoms with Crippen LogP contribution < -0.4 is 5.73 Å². The molecule has 5 nitrogen and oxygen atoms in total. The molecular weight excluding hydrogens is 229 g/mol. The van der Waals surface area contributed by atoms with Crippen molar-refractivity contribution in [3.63, 3.8) is 0 Å². The first kappa shape index (κ1) is 15.5. The largest absolute Gasteiger partial charge is 0.469 e. The van der Waals surface area contributed by atoms with Gasteiger partial charge in [0.25, 0.3) is 0 Å². The first-order chi connectivity index (χ1) is 5.72. The Morgan fingerprint density at radius 1 is 1.64 bits per heavy atom. The van der Waals surface area contributed by atoms with Crippen molar-refractivity contribution in [2.24, 2.45) is 0 Å². The summed E-state index contributed by atoms with van der Waals surface area (Å²) < 4.78 is 4.47. The van der Waals surface area contributed by atoms with Gasteiger partial charge in [0.05, 0.1) is 19.7 Å². The number of H-pyrrole nitrogens is 1. The number of halogens is 2. The van der Waals surface area contributed by atoms with E-state index in [4.69, 9.17) is 5.73 Å². The lowest BCUT2D eigenvalue weighted by Crippen LogP contribution is -2.02. The van der Waals surface area contributed by atoms with E-state index in [0.29, 0.717) is 18.8 Å². The number of aromatic amines is 1. The van der Waals surface area contributed by atoms with E-state index in [1.165, 1.54) is 7.11 Å². The summed E-state index contributed by atoms with van der Waals surface area (Å²) in [6.07, 6.45) is 2.54. The number of esters is 1. The Morgan fingerprint density at radius 3 is 2.71 bits per heavy atom. The van der Waals surface area contributed by atoms with Crippen LogP contribution in [-0.4, -0.2) is 23.0 Å². The molecular formula is C7H13Cl2N3O2. The number of anilines is 1. The number of nitrogens with zero attached hydrogens (tertiary/aromatic N) is 1. The van der Waals surface area contributed by atoms with Gasteiger partial charge in [-0.25, -0.2) is 4.98 Å². The molecule has 0 radical (unpaired) electrons. The molecule has 1 aromatic heterocycles. The number of hydrogen-bond acceptors (Lipinski definition) is 4. The summed E-state index contributed by atoms with van der Waals surface area (Å²) in [5, 5.41) is 0. The molecule has 0 spiro atoms. The fourth-order valence-electron chi connectivity index (χ4n) is 0.842. The first-order valence-electron chi connectivity index (χ1n) is 3.58. The van der Waals surface area contributed by atoms with E-state index in [1.54, 1.807) is 6.20 Å². The lowest BCUT2D eigenvalue weighted by atomic mass is 10.2. The fraction of sp³-hybridized carbons (Fsp3) is 0.429. The normalized spacial score (nSPS) is 8.36.